The van der Waals surface area contributed by atoms with Crippen LogP contribution in [0.1, 0.15) is 17.0 Å². The maximum atomic E-state index is 12.2. The third kappa shape index (κ3) is 2.43. The van der Waals surface area contributed by atoms with Crippen molar-refractivity contribution in [1.29, 1.82) is 0 Å². The van der Waals surface area contributed by atoms with E-state index in [0.29, 0.717) is 10.7 Å². The van der Waals surface area contributed by atoms with E-state index >= 15 is 0 Å². The lowest BCUT2D eigenvalue weighted by Crippen LogP contribution is -2.10. The molecule has 6 heteroatoms. The molecule has 0 atom stereocenters. The van der Waals surface area contributed by atoms with Gasteiger partial charge in [-0.1, -0.05) is 6.07 Å². The van der Waals surface area contributed by atoms with Crippen molar-refractivity contribution in [3.05, 3.63) is 41.5 Å². The monoisotopic (exact) mass is 265 g/mol. The van der Waals surface area contributed by atoms with E-state index in [1.807, 2.05) is 19.9 Å². The van der Waals surface area contributed by atoms with Gasteiger partial charge in [-0.05, 0) is 37.1 Å². The molecule has 0 bridgehead atoms. The topological polar surface area (TPSA) is 64.8 Å². The van der Waals surface area contributed by atoms with Gasteiger partial charge in [-0.15, -0.1) is 0 Å². The van der Waals surface area contributed by atoms with Crippen LogP contribution in [-0.4, -0.2) is 23.2 Å². The highest BCUT2D eigenvalue weighted by atomic mass is 32.2. The zero-order valence-electron chi connectivity index (χ0n) is 10.6. The molecular weight excluding hydrogens is 250 g/mol. The summed E-state index contributed by atoms with van der Waals surface area (Å²) in [5, 5.41) is 3.87. The molecule has 0 aliphatic carbocycles. The lowest BCUT2D eigenvalue weighted by Gasteiger charge is -2.06. The third-order valence-electron chi connectivity index (χ3n) is 2.96. The van der Waals surface area contributed by atoms with Gasteiger partial charge in [0.1, 0.15) is 17.9 Å². The highest BCUT2D eigenvalue weighted by Crippen LogP contribution is 2.18. The summed E-state index contributed by atoms with van der Waals surface area (Å²) in [5.74, 6) is 0.305. The van der Waals surface area contributed by atoms with Gasteiger partial charge < -0.3 is 0 Å². The van der Waals surface area contributed by atoms with Gasteiger partial charge >= 0.3 is 0 Å². The molecule has 0 N–H and O–H groups in total. The van der Waals surface area contributed by atoms with Crippen molar-refractivity contribution in [2.45, 2.75) is 24.5 Å². The fourth-order valence-corrected chi connectivity index (χ4v) is 3.01. The van der Waals surface area contributed by atoms with Gasteiger partial charge in [0.25, 0.3) is 0 Å². The second-order valence-electron chi connectivity index (χ2n) is 4.31. The summed E-state index contributed by atoms with van der Waals surface area (Å²) < 4.78 is 25.9. The highest BCUT2D eigenvalue weighted by molar-refractivity contribution is 7.90. The molecule has 0 saturated carbocycles. The van der Waals surface area contributed by atoms with Crippen LogP contribution in [0.5, 0.6) is 0 Å². The van der Waals surface area contributed by atoms with Crippen molar-refractivity contribution >= 4 is 9.84 Å². The van der Waals surface area contributed by atoms with E-state index < -0.39 is 9.84 Å². The van der Waals surface area contributed by atoms with E-state index in [9.17, 15) is 8.42 Å². The van der Waals surface area contributed by atoms with Gasteiger partial charge in [-0.25, -0.2) is 13.4 Å². The van der Waals surface area contributed by atoms with Crippen LogP contribution in [0.4, 0.5) is 0 Å². The summed E-state index contributed by atoms with van der Waals surface area (Å²) in [6.07, 6.45) is 1.35. The fraction of sp³-hybridized carbons (Fsp3) is 0.333. The first kappa shape index (κ1) is 12.8. The summed E-state index contributed by atoms with van der Waals surface area (Å²) in [7, 11) is -1.69. The zero-order valence-corrected chi connectivity index (χ0v) is 11.4. The van der Waals surface area contributed by atoms with Crippen LogP contribution in [-0.2, 0) is 22.6 Å². The Morgan fingerprint density at radius 2 is 1.94 bits per heavy atom. The maximum absolute atomic E-state index is 12.2. The number of sulfone groups is 1. The van der Waals surface area contributed by atoms with Crippen LogP contribution in [0.3, 0.4) is 0 Å². The van der Waals surface area contributed by atoms with Gasteiger partial charge in [0.15, 0.2) is 9.84 Å². The summed E-state index contributed by atoms with van der Waals surface area (Å²) in [6, 6.07) is 5.15. The number of benzene rings is 1. The van der Waals surface area contributed by atoms with Gasteiger partial charge in [0.2, 0.25) is 0 Å². The Hall–Kier alpha value is -1.69. The minimum absolute atomic E-state index is 0.133. The van der Waals surface area contributed by atoms with Crippen LogP contribution in [0.25, 0.3) is 0 Å². The minimum atomic E-state index is -3.37. The average molecular weight is 265 g/mol. The van der Waals surface area contributed by atoms with Gasteiger partial charge in [0.05, 0.1) is 4.90 Å². The standard InChI is InChI=1S/C12H15N3O2S/c1-9-4-5-11(6-10(9)2)18(16,17)7-12-13-8-14-15(12)3/h4-6,8H,7H2,1-3H3. The van der Waals surface area contributed by atoms with E-state index in [-0.39, 0.29) is 5.75 Å². The lowest BCUT2D eigenvalue weighted by atomic mass is 10.1. The number of aryl methyl sites for hydroxylation is 3. The van der Waals surface area contributed by atoms with Gasteiger partial charge in [-0.3, -0.25) is 4.68 Å². The predicted octanol–water partition coefficient (Wildman–Crippen LogP) is 1.41. The summed E-state index contributed by atoms with van der Waals surface area (Å²) in [4.78, 5) is 4.27. The molecule has 0 unspecified atom stereocenters. The second-order valence-corrected chi connectivity index (χ2v) is 6.29. The number of nitrogens with zero attached hydrogens (tertiary/aromatic N) is 3. The van der Waals surface area contributed by atoms with Crippen molar-refractivity contribution in [3.8, 4) is 0 Å². The van der Waals surface area contributed by atoms with Crippen LogP contribution in [0.2, 0.25) is 0 Å². The third-order valence-corrected chi connectivity index (χ3v) is 4.57. The summed E-state index contributed by atoms with van der Waals surface area (Å²) >= 11 is 0. The predicted molar refractivity (Wildman–Crippen MR) is 67.8 cm³/mol. The Morgan fingerprint density at radius 3 is 2.50 bits per heavy atom. The van der Waals surface area contributed by atoms with E-state index in [2.05, 4.69) is 10.1 Å². The molecule has 18 heavy (non-hydrogen) atoms. The molecule has 1 aromatic carbocycles. The van der Waals surface area contributed by atoms with Crippen molar-refractivity contribution in [2.75, 3.05) is 0 Å². The molecular formula is C12H15N3O2S. The van der Waals surface area contributed by atoms with Crippen molar-refractivity contribution in [2.24, 2.45) is 7.05 Å². The van der Waals surface area contributed by atoms with Crippen LogP contribution in [0, 0.1) is 13.8 Å². The van der Waals surface area contributed by atoms with Crippen LogP contribution < -0.4 is 0 Å². The van der Waals surface area contributed by atoms with Crippen molar-refractivity contribution in [1.82, 2.24) is 14.8 Å². The SMILES string of the molecule is Cc1ccc(S(=O)(=O)Cc2ncnn2C)cc1C. The van der Waals surface area contributed by atoms with E-state index in [1.165, 1.54) is 11.0 Å². The lowest BCUT2D eigenvalue weighted by molar-refractivity contribution is 0.590. The molecule has 2 aromatic rings. The molecule has 96 valence electrons. The smallest absolute Gasteiger partial charge is 0.185 e. The molecule has 0 radical (unpaired) electrons. The van der Waals surface area contributed by atoms with Crippen LogP contribution in [0.15, 0.2) is 29.4 Å². The Balaban J connectivity index is 2.37. The largest absolute Gasteiger partial charge is 0.252 e. The Labute approximate surface area is 106 Å². The normalized spacial score (nSPS) is 11.7. The first-order chi connectivity index (χ1) is 8.40. The summed E-state index contributed by atoms with van der Waals surface area (Å²) in [5.41, 5.74) is 2.04. The number of hydrogen-bond acceptors (Lipinski definition) is 4. The molecule has 1 aromatic heterocycles. The molecule has 1 heterocycles. The number of hydrogen-bond donors (Lipinski definition) is 0. The second kappa shape index (κ2) is 4.53. The van der Waals surface area contributed by atoms with Gasteiger partial charge in [0, 0.05) is 7.05 Å². The van der Waals surface area contributed by atoms with Crippen molar-refractivity contribution in [3.63, 3.8) is 0 Å². The molecule has 2 rings (SSSR count). The molecule has 5 nitrogen and oxygen atoms in total. The first-order valence-electron chi connectivity index (χ1n) is 5.53. The quantitative estimate of drug-likeness (QED) is 0.841. The molecule has 0 fully saturated rings. The van der Waals surface area contributed by atoms with E-state index in [0.717, 1.165) is 11.1 Å². The van der Waals surface area contributed by atoms with Crippen molar-refractivity contribution < 1.29 is 8.42 Å². The maximum Gasteiger partial charge on any atom is 0.185 e. The molecule has 0 saturated heterocycles. The number of aromatic nitrogens is 3. The zero-order chi connectivity index (χ0) is 13.3. The van der Waals surface area contributed by atoms with Crippen LogP contribution >= 0.6 is 0 Å². The fourth-order valence-electron chi connectivity index (χ4n) is 1.61. The molecule has 0 aliphatic rings. The highest BCUT2D eigenvalue weighted by Gasteiger charge is 2.18. The van der Waals surface area contributed by atoms with E-state index in [1.54, 1.807) is 19.2 Å². The van der Waals surface area contributed by atoms with Gasteiger partial charge in [-0.2, -0.15) is 5.10 Å². The number of rotatable bonds is 3. The first-order valence-corrected chi connectivity index (χ1v) is 7.18. The molecule has 0 spiro atoms. The molecule has 0 amide bonds. The Kier molecular flexibility index (Phi) is 3.21. The minimum Gasteiger partial charge on any atom is -0.252 e. The Bertz CT molecular complexity index is 674. The Morgan fingerprint density at radius 1 is 1.22 bits per heavy atom. The average Bonchev–Trinajstić information content (AvgIpc) is 2.67. The summed E-state index contributed by atoms with van der Waals surface area (Å²) in [6.45, 7) is 3.85. The molecule has 0 aliphatic heterocycles. The van der Waals surface area contributed by atoms with E-state index in [4.69, 9.17) is 0 Å².